The van der Waals surface area contributed by atoms with Gasteiger partial charge in [0, 0.05) is 11.1 Å². The molecule has 0 aliphatic carbocycles. The number of carbonyl (C=O) groups excluding carboxylic acids is 2. The summed E-state index contributed by atoms with van der Waals surface area (Å²) in [4.78, 5) is 20.8. The Labute approximate surface area is 81.9 Å². The molecule has 0 unspecified atom stereocenters. The molecule has 4 heteroatoms. The van der Waals surface area contributed by atoms with Gasteiger partial charge in [0.25, 0.3) is 0 Å². The van der Waals surface area contributed by atoms with Crippen molar-refractivity contribution in [3.8, 4) is 0 Å². The number of aldehydes is 2. The summed E-state index contributed by atoms with van der Waals surface area (Å²) in [6.07, 6.45) is 4.05. The molecule has 0 radical (unpaired) electrons. The Morgan fingerprint density at radius 3 is 1.33 bits per heavy atom. The van der Waals surface area contributed by atoms with E-state index in [-0.39, 0.29) is 11.1 Å². The van der Waals surface area contributed by atoms with Crippen LogP contribution in [0.2, 0.25) is 0 Å². The van der Waals surface area contributed by atoms with E-state index >= 15 is 0 Å². The van der Waals surface area contributed by atoms with Crippen LogP contribution in [0.3, 0.4) is 0 Å². The second kappa shape index (κ2) is 6.94. The largest absolute Gasteiger partial charge is 0.298 e. The third-order valence-electron chi connectivity index (χ3n) is 1.10. The lowest BCUT2D eigenvalue weighted by molar-refractivity contribution is -0.106. The van der Waals surface area contributed by atoms with Crippen molar-refractivity contribution in [2.45, 2.75) is 0 Å². The van der Waals surface area contributed by atoms with Crippen LogP contribution in [0.25, 0.3) is 0 Å². The van der Waals surface area contributed by atoms with Gasteiger partial charge in [0.05, 0.1) is 0 Å². The molecule has 0 fully saturated rings. The lowest BCUT2D eigenvalue weighted by Crippen LogP contribution is -1.88. The first-order chi connectivity index (χ1) is 5.79. The highest BCUT2D eigenvalue weighted by Crippen LogP contribution is 2.04. The third kappa shape index (κ3) is 3.59. The Morgan fingerprint density at radius 2 is 1.17 bits per heavy atom. The summed E-state index contributed by atoms with van der Waals surface area (Å²) in [5, 5.41) is 2.78. The fourth-order valence-corrected chi connectivity index (χ4v) is 0.889. The van der Waals surface area contributed by atoms with Gasteiger partial charge in [0.15, 0.2) is 12.6 Å². The van der Waals surface area contributed by atoms with Gasteiger partial charge in [0.1, 0.15) is 0 Å². The van der Waals surface area contributed by atoms with Crippen LogP contribution in [0.5, 0.6) is 0 Å². The highest BCUT2D eigenvalue weighted by molar-refractivity contribution is 7.83. The molecular formula is C8H8O2S2. The van der Waals surface area contributed by atoms with Crippen LogP contribution < -0.4 is 0 Å². The zero-order valence-corrected chi connectivity index (χ0v) is 7.96. The highest BCUT2D eigenvalue weighted by atomic mass is 32.1. The van der Waals surface area contributed by atoms with Gasteiger partial charge in [-0.1, -0.05) is 0 Å². The molecule has 0 aromatic heterocycles. The maximum absolute atomic E-state index is 10.4. The predicted octanol–water partition coefficient (Wildman–Crippen LogP) is 1.57. The van der Waals surface area contributed by atoms with Crippen molar-refractivity contribution < 1.29 is 9.59 Å². The molecule has 0 rings (SSSR count). The summed E-state index contributed by atoms with van der Waals surface area (Å²) >= 11 is 7.57. The van der Waals surface area contributed by atoms with E-state index in [0.29, 0.717) is 12.6 Å². The molecule has 0 spiro atoms. The van der Waals surface area contributed by atoms with Crippen molar-refractivity contribution in [3.05, 3.63) is 34.1 Å². The summed E-state index contributed by atoms with van der Waals surface area (Å²) in [6, 6.07) is 0. The van der Waals surface area contributed by atoms with Crippen molar-refractivity contribution in [2.75, 3.05) is 0 Å². The van der Waals surface area contributed by atoms with Crippen LogP contribution >= 0.6 is 25.3 Å². The topological polar surface area (TPSA) is 34.1 Å². The van der Waals surface area contributed by atoms with Gasteiger partial charge in [0.2, 0.25) is 0 Å². The molecule has 0 saturated carbocycles. The Morgan fingerprint density at radius 1 is 0.833 bits per heavy atom. The molecular weight excluding hydrogens is 192 g/mol. The molecule has 0 aromatic rings. The average Bonchev–Trinajstić information content (AvgIpc) is 2.11. The molecule has 0 N–H and O–H groups in total. The summed E-state index contributed by atoms with van der Waals surface area (Å²) in [7, 11) is 0. The fraction of sp³-hybridized carbons (Fsp3) is 0. The third-order valence-corrected chi connectivity index (χ3v) is 1.39. The normalized spacial score (nSPS) is 13.5. The zero-order valence-electron chi connectivity index (χ0n) is 6.18. The minimum atomic E-state index is 0.283. The van der Waals surface area contributed by atoms with E-state index in [2.05, 4.69) is 25.3 Å². The zero-order chi connectivity index (χ0) is 9.40. The van der Waals surface area contributed by atoms with Crippen LogP contribution in [0.4, 0.5) is 0 Å². The summed E-state index contributed by atoms with van der Waals surface area (Å²) in [5.74, 6) is 0. The van der Waals surface area contributed by atoms with Gasteiger partial charge in [-0.15, -0.1) is 0 Å². The quantitative estimate of drug-likeness (QED) is 0.312. The molecule has 64 valence electrons. The lowest BCUT2D eigenvalue weighted by Gasteiger charge is -1.92. The molecule has 0 heterocycles. The second-order valence-electron chi connectivity index (χ2n) is 1.78. The van der Waals surface area contributed by atoms with E-state index in [1.807, 2.05) is 0 Å². The van der Waals surface area contributed by atoms with Gasteiger partial charge >= 0.3 is 0 Å². The molecule has 2 nitrogen and oxygen atoms in total. The predicted molar refractivity (Wildman–Crippen MR) is 55.4 cm³/mol. The summed E-state index contributed by atoms with van der Waals surface area (Å²) in [6.45, 7) is 0. The van der Waals surface area contributed by atoms with Gasteiger partial charge in [-0.3, -0.25) is 9.59 Å². The Bertz CT molecular complexity index is 226. The van der Waals surface area contributed by atoms with E-state index < -0.39 is 0 Å². The van der Waals surface area contributed by atoms with E-state index in [4.69, 9.17) is 0 Å². The highest BCUT2D eigenvalue weighted by Gasteiger charge is 1.96. The number of rotatable bonds is 4. The Kier molecular flexibility index (Phi) is 6.51. The van der Waals surface area contributed by atoms with E-state index in [1.54, 1.807) is 0 Å². The van der Waals surface area contributed by atoms with E-state index in [1.165, 1.54) is 23.0 Å². The van der Waals surface area contributed by atoms with E-state index in [9.17, 15) is 9.59 Å². The summed E-state index contributed by atoms with van der Waals surface area (Å²) in [5.41, 5.74) is 0.565. The molecule has 12 heavy (non-hydrogen) atoms. The van der Waals surface area contributed by atoms with Crippen molar-refractivity contribution in [2.24, 2.45) is 0 Å². The number of allylic oxidation sites excluding steroid dienone is 4. The molecule has 0 bridgehead atoms. The lowest BCUT2D eigenvalue weighted by atomic mass is 10.1. The van der Waals surface area contributed by atoms with Crippen molar-refractivity contribution in [1.82, 2.24) is 0 Å². The van der Waals surface area contributed by atoms with Crippen LogP contribution in [0.15, 0.2) is 34.1 Å². The van der Waals surface area contributed by atoms with Crippen molar-refractivity contribution >= 4 is 37.8 Å². The molecule has 0 atom stereocenters. The minimum absolute atomic E-state index is 0.283. The van der Waals surface area contributed by atoms with Crippen LogP contribution in [-0.4, -0.2) is 12.6 Å². The first-order valence-corrected chi connectivity index (χ1v) is 4.09. The van der Waals surface area contributed by atoms with Crippen LogP contribution in [0, 0.1) is 0 Å². The standard InChI is InChI=1S/C8H8O2S2/c9-5-7(1-3-11)8(6-10)2-4-12/h1-6,11-12H/b3-1-,4-2-,8-7+. The molecule has 0 aromatic carbocycles. The maximum Gasteiger partial charge on any atom is 0.150 e. The maximum atomic E-state index is 10.4. The molecule has 0 amide bonds. The summed E-state index contributed by atoms with van der Waals surface area (Å²) < 4.78 is 0. The van der Waals surface area contributed by atoms with Gasteiger partial charge < -0.3 is 0 Å². The monoisotopic (exact) mass is 200 g/mol. The van der Waals surface area contributed by atoms with Gasteiger partial charge in [-0.05, 0) is 23.0 Å². The molecule has 0 saturated heterocycles. The average molecular weight is 200 g/mol. The minimum Gasteiger partial charge on any atom is -0.298 e. The number of thiol groups is 2. The van der Waals surface area contributed by atoms with Gasteiger partial charge in [-0.25, -0.2) is 0 Å². The van der Waals surface area contributed by atoms with Crippen LogP contribution in [0.1, 0.15) is 0 Å². The van der Waals surface area contributed by atoms with Crippen LogP contribution in [-0.2, 0) is 9.59 Å². The number of hydrogen-bond donors (Lipinski definition) is 2. The molecule has 0 aliphatic rings. The Balaban J connectivity index is 4.98. The number of carbonyl (C=O) groups is 2. The SMILES string of the molecule is O=CC(/C=C\S)=C(C=O)\C=C/S. The van der Waals surface area contributed by atoms with Crippen molar-refractivity contribution in [3.63, 3.8) is 0 Å². The smallest absolute Gasteiger partial charge is 0.150 e. The first kappa shape index (κ1) is 11.3. The second-order valence-corrected chi connectivity index (χ2v) is 2.37. The fourth-order valence-electron chi connectivity index (χ4n) is 0.568. The Hall–Kier alpha value is -0.740. The van der Waals surface area contributed by atoms with Crippen molar-refractivity contribution in [1.29, 1.82) is 0 Å². The first-order valence-electron chi connectivity index (χ1n) is 3.06. The van der Waals surface area contributed by atoms with Gasteiger partial charge in [-0.2, -0.15) is 25.3 Å². The number of hydrogen-bond acceptors (Lipinski definition) is 4. The van der Waals surface area contributed by atoms with E-state index in [0.717, 1.165) is 0 Å². The molecule has 0 aliphatic heterocycles.